The Morgan fingerprint density at radius 2 is 1.88 bits per heavy atom. The summed E-state index contributed by atoms with van der Waals surface area (Å²) in [6.45, 7) is 3.82. The van der Waals surface area contributed by atoms with E-state index in [9.17, 15) is 4.79 Å². The van der Waals surface area contributed by atoms with Crippen molar-refractivity contribution in [3.8, 4) is 0 Å². The van der Waals surface area contributed by atoms with E-state index in [0.29, 0.717) is 39.4 Å². The van der Waals surface area contributed by atoms with Crippen molar-refractivity contribution in [3.63, 3.8) is 0 Å². The van der Waals surface area contributed by atoms with Crippen molar-refractivity contribution in [2.75, 3.05) is 32.8 Å². The number of nitrogens with zero attached hydrogens (tertiary/aromatic N) is 2. The van der Waals surface area contributed by atoms with Gasteiger partial charge < -0.3 is 15.0 Å². The number of nitrogens with one attached hydrogen (secondary N) is 1. The lowest BCUT2D eigenvalue weighted by Crippen LogP contribution is -2.45. The quantitative estimate of drug-likeness (QED) is 0.880. The number of carbonyl (C=O) groups excluding carboxylic acids is 1. The highest BCUT2D eigenvalue weighted by Gasteiger charge is 2.26. The fourth-order valence-corrected chi connectivity index (χ4v) is 2.88. The minimum atomic E-state index is -0.187. The lowest BCUT2D eigenvalue weighted by atomic mass is 9.97. The van der Waals surface area contributed by atoms with Crippen molar-refractivity contribution in [1.29, 1.82) is 0 Å². The molecule has 1 N–H and O–H groups in total. The van der Waals surface area contributed by atoms with Crippen LogP contribution in [-0.2, 0) is 16.1 Å². The third kappa shape index (κ3) is 4.40. The number of pyridine rings is 1. The molecule has 0 radical (unpaired) electrons. The Morgan fingerprint density at radius 1 is 1.12 bits per heavy atom. The molecular formula is C19H23N3O2. The predicted octanol–water partition coefficient (Wildman–Crippen LogP) is 1.81. The van der Waals surface area contributed by atoms with Gasteiger partial charge in [0.05, 0.1) is 24.8 Å². The van der Waals surface area contributed by atoms with Gasteiger partial charge in [-0.25, -0.2) is 0 Å². The molecule has 5 nitrogen and oxygen atoms in total. The molecule has 1 aromatic carbocycles. The van der Waals surface area contributed by atoms with Crippen molar-refractivity contribution in [2.24, 2.45) is 0 Å². The molecule has 2 aromatic rings. The maximum Gasteiger partial charge on any atom is 0.231 e. The molecule has 1 aliphatic heterocycles. The molecule has 0 unspecified atom stereocenters. The van der Waals surface area contributed by atoms with Crippen molar-refractivity contribution < 1.29 is 9.53 Å². The van der Waals surface area contributed by atoms with E-state index < -0.39 is 0 Å². The van der Waals surface area contributed by atoms with Gasteiger partial charge in [0.2, 0.25) is 5.91 Å². The predicted molar refractivity (Wildman–Crippen MR) is 92.5 cm³/mol. The third-order valence-electron chi connectivity index (χ3n) is 4.20. The van der Waals surface area contributed by atoms with Crippen LogP contribution in [0.15, 0.2) is 54.7 Å². The van der Waals surface area contributed by atoms with Crippen LogP contribution in [0.3, 0.4) is 0 Å². The number of aromatic nitrogens is 1. The Labute approximate surface area is 142 Å². The van der Waals surface area contributed by atoms with E-state index in [0.717, 1.165) is 11.3 Å². The van der Waals surface area contributed by atoms with Crippen LogP contribution in [0.5, 0.6) is 0 Å². The van der Waals surface area contributed by atoms with Gasteiger partial charge in [-0.15, -0.1) is 0 Å². The van der Waals surface area contributed by atoms with Gasteiger partial charge in [0.25, 0.3) is 0 Å². The van der Waals surface area contributed by atoms with Crippen LogP contribution in [0.4, 0.5) is 0 Å². The number of amides is 1. The smallest absolute Gasteiger partial charge is 0.231 e. The number of ether oxygens (including phenoxy) is 1. The normalized spacial score (nSPS) is 15.9. The number of rotatable bonds is 6. The molecule has 1 aromatic heterocycles. The zero-order chi connectivity index (χ0) is 16.6. The number of morpholine rings is 1. The highest BCUT2D eigenvalue weighted by atomic mass is 16.5. The molecule has 2 heterocycles. The first-order valence-corrected chi connectivity index (χ1v) is 8.36. The van der Waals surface area contributed by atoms with E-state index in [1.54, 1.807) is 6.20 Å². The molecule has 0 aliphatic carbocycles. The summed E-state index contributed by atoms with van der Waals surface area (Å²) in [6.07, 6.45) is 1.78. The zero-order valence-corrected chi connectivity index (χ0v) is 13.7. The number of hydrogen-bond acceptors (Lipinski definition) is 4. The van der Waals surface area contributed by atoms with Crippen molar-refractivity contribution in [3.05, 3.63) is 66.0 Å². The van der Waals surface area contributed by atoms with Crippen molar-refractivity contribution in [1.82, 2.24) is 15.2 Å². The summed E-state index contributed by atoms with van der Waals surface area (Å²) in [7, 11) is 0. The van der Waals surface area contributed by atoms with E-state index in [4.69, 9.17) is 4.74 Å². The zero-order valence-electron chi connectivity index (χ0n) is 13.7. The van der Waals surface area contributed by atoms with Gasteiger partial charge >= 0.3 is 0 Å². The van der Waals surface area contributed by atoms with Crippen molar-refractivity contribution >= 4 is 5.91 Å². The maximum atomic E-state index is 13.0. The fraction of sp³-hybridized carbons (Fsp3) is 0.368. The van der Waals surface area contributed by atoms with E-state index in [2.05, 4.69) is 10.3 Å². The van der Waals surface area contributed by atoms with Crippen LogP contribution in [0.1, 0.15) is 17.2 Å². The second-order valence-electron chi connectivity index (χ2n) is 5.85. The lowest BCUT2D eigenvalue weighted by molar-refractivity contribution is -0.136. The first-order valence-electron chi connectivity index (χ1n) is 8.36. The van der Waals surface area contributed by atoms with Gasteiger partial charge in [-0.05, 0) is 17.7 Å². The van der Waals surface area contributed by atoms with E-state index in [-0.39, 0.29) is 11.8 Å². The van der Waals surface area contributed by atoms with Gasteiger partial charge in [0, 0.05) is 32.4 Å². The summed E-state index contributed by atoms with van der Waals surface area (Å²) in [5, 5.41) is 3.38. The van der Waals surface area contributed by atoms with Gasteiger partial charge in [0.15, 0.2) is 0 Å². The molecule has 24 heavy (non-hydrogen) atoms. The summed E-state index contributed by atoms with van der Waals surface area (Å²) in [5.41, 5.74) is 2.02. The SMILES string of the molecule is O=C([C@H](CNCc1ccccn1)c1ccccc1)N1CCOCC1. The standard InChI is InChI=1S/C19H23N3O2/c23-19(22-10-12-24-13-11-22)18(16-6-2-1-3-7-16)15-20-14-17-8-4-5-9-21-17/h1-9,18,20H,10-15H2/t18-/m1/s1. The van der Waals surface area contributed by atoms with Gasteiger partial charge in [-0.2, -0.15) is 0 Å². The average Bonchev–Trinajstić information content (AvgIpc) is 2.67. The Balaban J connectivity index is 1.66. The number of hydrogen-bond donors (Lipinski definition) is 1. The summed E-state index contributed by atoms with van der Waals surface area (Å²) in [6, 6.07) is 15.8. The average molecular weight is 325 g/mol. The van der Waals surface area contributed by atoms with Crippen LogP contribution in [0, 0.1) is 0 Å². The highest BCUT2D eigenvalue weighted by molar-refractivity contribution is 5.84. The summed E-state index contributed by atoms with van der Waals surface area (Å²) < 4.78 is 5.36. The largest absolute Gasteiger partial charge is 0.378 e. The summed E-state index contributed by atoms with van der Waals surface area (Å²) in [4.78, 5) is 19.2. The van der Waals surface area contributed by atoms with Crippen LogP contribution < -0.4 is 5.32 Å². The second kappa shape index (κ2) is 8.57. The second-order valence-corrected chi connectivity index (χ2v) is 5.85. The Kier molecular flexibility index (Phi) is 5.93. The molecule has 1 fully saturated rings. The first-order chi connectivity index (χ1) is 11.8. The van der Waals surface area contributed by atoms with Crippen LogP contribution in [0.2, 0.25) is 0 Å². The summed E-state index contributed by atoms with van der Waals surface area (Å²) in [5.74, 6) is -0.0222. The van der Waals surface area contributed by atoms with Gasteiger partial charge in [-0.3, -0.25) is 9.78 Å². The Morgan fingerprint density at radius 3 is 2.58 bits per heavy atom. The maximum absolute atomic E-state index is 13.0. The lowest BCUT2D eigenvalue weighted by Gasteiger charge is -2.30. The Hall–Kier alpha value is -2.24. The van der Waals surface area contributed by atoms with E-state index >= 15 is 0 Å². The molecular weight excluding hydrogens is 302 g/mol. The molecule has 0 saturated carbocycles. The first kappa shape index (κ1) is 16.6. The van der Waals surface area contributed by atoms with Gasteiger partial charge in [-0.1, -0.05) is 36.4 Å². The topological polar surface area (TPSA) is 54.5 Å². The molecule has 3 rings (SSSR count). The van der Waals surface area contributed by atoms with Gasteiger partial charge in [0.1, 0.15) is 0 Å². The highest BCUT2D eigenvalue weighted by Crippen LogP contribution is 2.19. The molecule has 0 spiro atoms. The molecule has 1 atom stereocenters. The van der Waals surface area contributed by atoms with Crippen molar-refractivity contribution in [2.45, 2.75) is 12.5 Å². The molecule has 1 amide bonds. The minimum Gasteiger partial charge on any atom is -0.378 e. The Bertz CT molecular complexity index is 628. The fourth-order valence-electron chi connectivity index (χ4n) is 2.88. The van der Waals surface area contributed by atoms with E-state index in [1.807, 2.05) is 53.4 Å². The third-order valence-corrected chi connectivity index (χ3v) is 4.20. The summed E-state index contributed by atoms with van der Waals surface area (Å²) >= 11 is 0. The molecule has 1 aliphatic rings. The van der Waals surface area contributed by atoms with E-state index in [1.165, 1.54) is 0 Å². The van der Waals surface area contributed by atoms with Crippen LogP contribution in [0.25, 0.3) is 0 Å². The molecule has 0 bridgehead atoms. The molecule has 5 heteroatoms. The molecule has 1 saturated heterocycles. The monoisotopic (exact) mass is 325 g/mol. The number of carbonyl (C=O) groups is 1. The molecule has 126 valence electrons. The number of benzene rings is 1. The van der Waals surface area contributed by atoms with Crippen LogP contribution >= 0.6 is 0 Å². The minimum absolute atomic E-state index is 0.165. The van der Waals surface area contributed by atoms with Crippen LogP contribution in [-0.4, -0.2) is 48.6 Å².